The van der Waals surface area contributed by atoms with Crippen LogP contribution < -0.4 is 0 Å². The Bertz CT molecular complexity index is 649. The largest absolute Gasteiger partial charge is 0.335 e. The first-order valence-electron chi connectivity index (χ1n) is 9.24. The first kappa shape index (κ1) is 20.1. The maximum absolute atomic E-state index is 12.8. The molecule has 0 N–H and O–H groups in total. The zero-order valence-corrected chi connectivity index (χ0v) is 15.9. The predicted octanol–water partition coefficient (Wildman–Crippen LogP) is 3.58. The number of hydrogen-bond acceptors (Lipinski definition) is 4. The first-order valence-corrected chi connectivity index (χ1v) is 9.24. The molecule has 0 radical (unpaired) electrons. The fourth-order valence-electron chi connectivity index (χ4n) is 3.34. The van der Waals surface area contributed by atoms with Crippen LogP contribution in [0.25, 0.3) is 6.08 Å². The van der Waals surface area contributed by atoms with Crippen LogP contribution >= 0.6 is 0 Å². The standard InChI is InChI=1S/C20H29N3O3/c1-16-7-10-18(11-8-16)22(14-13-21(2)3)20(24)12-9-17-5-4-6-19(15-17)23(25)26/h4-6,9,12,15-16,18H,7-8,10-11,13-14H2,1-3H3/t16-,18-. The maximum Gasteiger partial charge on any atom is 0.270 e. The van der Waals surface area contributed by atoms with Crippen LogP contribution in [0.5, 0.6) is 0 Å². The van der Waals surface area contributed by atoms with Gasteiger partial charge in [0, 0.05) is 37.3 Å². The highest BCUT2D eigenvalue weighted by Crippen LogP contribution is 2.27. The van der Waals surface area contributed by atoms with E-state index in [1.807, 2.05) is 19.0 Å². The van der Waals surface area contributed by atoms with Crippen molar-refractivity contribution in [3.63, 3.8) is 0 Å². The van der Waals surface area contributed by atoms with Gasteiger partial charge in [0.05, 0.1) is 4.92 Å². The van der Waals surface area contributed by atoms with E-state index in [-0.39, 0.29) is 17.6 Å². The van der Waals surface area contributed by atoms with Crippen molar-refractivity contribution >= 4 is 17.7 Å². The summed E-state index contributed by atoms with van der Waals surface area (Å²) in [4.78, 5) is 27.3. The van der Waals surface area contributed by atoms with Crippen LogP contribution in [0, 0.1) is 16.0 Å². The molecule has 0 heterocycles. The number of rotatable bonds is 7. The van der Waals surface area contributed by atoms with Crippen molar-refractivity contribution in [1.29, 1.82) is 0 Å². The molecule has 1 aliphatic carbocycles. The second kappa shape index (κ2) is 9.48. The van der Waals surface area contributed by atoms with Crippen molar-refractivity contribution in [3.05, 3.63) is 46.0 Å². The minimum absolute atomic E-state index is 0.0158. The molecular weight excluding hydrogens is 330 g/mol. The van der Waals surface area contributed by atoms with Gasteiger partial charge in [0.15, 0.2) is 0 Å². The number of non-ortho nitro benzene ring substituents is 1. The van der Waals surface area contributed by atoms with Crippen molar-refractivity contribution in [2.45, 2.75) is 38.6 Å². The van der Waals surface area contributed by atoms with Gasteiger partial charge in [-0.25, -0.2) is 0 Å². The molecule has 0 aliphatic heterocycles. The van der Waals surface area contributed by atoms with Gasteiger partial charge in [-0.2, -0.15) is 0 Å². The van der Waals surface area contributed by atoms with Gasteiger partial charge in [-0.05, 0) is 57.3 Å². The minimum atomic E-state index is -0.425. The van der Waals surface area contributed by atoms with Crippen molar-refractivity contribution in [3.8, 4) is 0 Å². The molecule has 0 unspecified atom stereocenters. The lowest BCUT2D eigenvalue weighted by Crippen LogP contribution is -2.44. The second-order valence-corrected chi connectivity index (χ2v) is 7.43. The van der Waals surface area contributed by atoms with Crippen LogP contribution in [0.15, 0.2) is 30.3 Å². The summed E-state index contributed by atoms with van der Waals surface area (Å²) >= 11 is 0. The molecule has 2 rings (SSSR count). The van der Waals surface area contributed by atoms with Gasteiger partial charge in [-0.1, -0.05) is 19.1 Å². The van der Waals surface area contributed by atoms with Gasteiger partial charge in [0.2, 0.25) is 5.91 Å². The van der Waals surface area contributed by atoms with E-state index in [0.717, 1.165) is 38.1 Å². The highest BCUT2D eigenvalue weighted by molar-refractivity contribution is 5.92. The van der Waals surface area contributed by atoms with Crippen LogP contribution in [0.4, 0.5) is 5.69 Å². The first-order chi connectivity index (χ1) is 12.4. The van der Waals surface area contributed by atoms with Crippen LogP contribution in [0.3, 0.4) is 0 Å². The van der Waals surface area contributed by atoms with Crippen molar-refractivity contribution in [2.24, 2.45) is 5.92 Å². The van der Waals surface area contributed by atoms with Crippen LogP contribution in [-0.2, 0) is 4.79 Å². The molecule has 1 amide bonds. The molecular formula is C20H29N3O3. The quantitative estimate of drug-likeness (QED) is 0.424. The predicted molar refractivity (Wildman–Crippen MR) is 104 cm³/mol. The zero-order valence-electron chi connectivity index (χ0n) is 15.9. The highest BCUT2D eigenvalue weighted by atomic mass is 16.6. The average Bonchev–Trinajstić information content (AvgIpc) is 2.61. The van der Waals surface area contributed by atoms with E-state index in [1.54, 1.807) is 24.3 Å². The molecule has 1 fully saturated rings. The molecule has 1 aliphatic rings. The Morgan fingerprint density at radius 2 is 1.92 bits per heavy atom. The molecule has 26 heavy (non-hydrogen) atoms. The lowest BCUT2D eigenvalue weighted by molar-refractivity contribution is -0.384. The summed E-state index contributed by atoms with van der Waals surface area (Å²) in [6.45, 7) is 3.79. The lowest BCUT2D eigenvalue weighted by atomic mass is 9.86. The van der Waals surface area contributed by atoms with Gasteiger partial charge in [-0.15, -0.1) is 0 Å². The highest BCUT2D eigenvalue weighted by Gasteiger charge is 2.26. The van der Waals surface area contributed by atoms with Gasteiger partial charge in [-0.3, -0.25) is 14.9 Å². The number of hydrogen-bond donors (Lipinski definition) is 0. The third-order valence-electron chi connectivity index (χ3n) is 5.00. The summed E-state index contributed by atoms with van der Waals surface area (Å²) in [6.07, 6.45) is 7.63. The second-order valence-electron chi connectivity index (χ2n) is 7.43. The smallest absolute Gasteiger partial charge is 0.270 e. The normalized spacial score (nSPS) is 20.5. The molecule has 1 saturated carbocycles. The summed E-state index contributed by atoms with van der Waals surface area (Å²) in [5, 5.41) is 10.9. The van der Waals surface area contributed by atoms with E-state index < -0.39 is 4.92 Å². The number of nitro benzene ring substituents is 1. The molecule has 0 bridgehead atoms. The molecule has 0 spiro atoms. The number of nitrogens with zero attached hydrogens (tertiary/aromatic N) is 3. The van der Waals surface area contributed by atoms with Gasteiger partial charge in [0.1, 0.15) is 0 Å². The Labute approximate surface area is 155 Å². The van der Waals surface area contributed by atoms with E-state index in [1.165, 1.54) is 12.1 Å². The monoisotopic (exact) mass is 359 g/mol. The SMILES string of the molecule is CN(C)CCN(C(=O)C=Cc1cccc([N+](=O)[O-])c1)[C@H]1CC[C@H](C)CC1. The van der Waals surface area contributed by atoms with E-state index in [9.17, 15) is 14.9 Å². The van der Waals surface area contributed by atoms with Gasteiger partial charge < -0.3 is 9.80 Å². The Morgan fingerprint density at radius 3 is 2.54 bits per heavy atom. The molecule has 0 aromatic heterocycles. The summed E-state index contributed by atoms with van der Waals surface area (Å²) < 4.78 is 0. The van der Waals surface area contributed by atoms with E-state index in [2.05, 4.69) is 11.8 Å². The third-order valence-corrected chi connectivity index (χ3v) is 5.00. The van der Waals surface area contributed by atoms with Crippen LogP contribution in [0.2, 0.25) is 0 Å². The molecule has 6 nitrogen and oxygen atoms in total. The van der Waals surface area contributed by atoms with Crippen molar-refractivity contribution in [1.82, 2.24) is 9.80 Å². The van der Waals surface area contributed by atoms with Crippen molar-refractivity contribution < 1.29 is 9.72 Å². The number of carbonyl (C=O) groups is 1. The number of likely N-dealkylation sites (N-methyl/N-ethyl adjacent to an activating group) is 1. The molecule has 1 aromatic rings. The number of carbonyl (C=O) groups excluding carboxylic acids is 1. The number of benzene rings is 1. The fraction of sp³-hybridized carbons (Fsp3) is 0.550. The van der Waals surface area contributed by atoms with Gasteiger partial charge >= 0.3 is 0 Å². The van der Waals surface area contributed by atoms with E-state index in [0.29, 0.717) is 12.1 Å². The Morgan fingerprint density at radius 1 is 1.23 bits per heavy atom. The Kier molecular flexibility index (Phi) is 7.33. The zero-order chi connectivity index (χ0) is 19.1. The summed E-state index contributed by atoms with van der Waals surface area (Å²) in [6, 6.07) is 6.62. The molecule has 1 aromatic carbocycles. The summed E-state index contributed by atoms with van der Waals surface area (Å²) in [5.41, 5.74) is 0.697. The van der Waals surface area contributed by atoms with Crippen LogP contribution in [0.1, 0.15) is 38.2 Å². The maximum atomic E-state index is 12.8. The van der Waals surface area contributed by atoms with E-state index >= 15 is 0 Å². The Balaban J connectivity index is 2.09. The molecule has 0 atom stereocenters. The molecule has 6 heteroatoms. The molecule has 142 valence electrons. The summed E-state index contributed by atoms with van der Waals surface area (Å²) in [7, 11) is 4.01. The topological polar surface area (TPSA) is 66.7 Å². The minimum Gasteiger partial charge on any atom is -0.335 e. The molecule has 0 saturated heterocycles. The fourth-order valence-corrected chi connectivity index (χ4v) is 3.34. The summed E-state index contributed by atoms with van der Waals surface area (Å²) in [5.74, 6) is 0.718. The number of amides is 1. The van der Waals surface area contributed by atoms with Gasteiger partial charge in [0.25, 0.3) is 5.69 Å². The number of nitro groups is 1. The van der Waals surface area contributed by atoms with Crippen LogP contribution in [-0.4, -0.2) is 53.9 Å². The third kappa shape index (κ3) is 5.95. The Hall–Kier alpha value is -2.21. The average molecular weight is 359 g/mol. The van der Waals surface area contributed by atoms with Crippen molar-refractivity contribution in [2.75, 3.05) is 27.2 Å². The van der Waals surface area contributed by atoms with E-state index in [4.69, 9.17) is 0 Å². The lowest BCUT2D eigenvalue weighted by Gasteiger charge is -2.36.